The van der Waals surface area contributed by atoms with Gasteiger partial charge in [-0.1, -0.05) is 12.1 Å². The SMILES string of the molecule is COC1CCC(C(=O)N2Cc3cccnc3Nc3ccc(-c4cn[nH]c4)cc32)CC1. The summed E-state index contributed by atoms with van der Waals surface area (Å²) in [5.74, 6) is 0.988. The van der Waals surface area contributed by atoms with Crippen LogP contribution in [-0.4, -0.2) is 34.3 Å². The Labute approximate surface area is 175 Å². The second-order valence-electron chi connectivity index (χ2n) is 7.99. The standard InChI is InChI=1S/C23H25N5O2/c1-30-19-7-4-15(5-8-19)23(29)28-14-17-3-2-10-24-22(17)27-20-9-6-16(11-21(20)28)18-12-25-26-13-18/h2-3,6,9-13,15,19H,4-5,7-8,14H2,1H3,(H,24,27)(H,25,26). The van der Waals surface area contributed by atoms with Crippen molar-refractivity contribution in [3.63, 3.8) is 0 Å². The van der Waals surface area contributed by atoms with Crippen molar-refractivity contribution in [2.45, 2.75) is 38.3 Å². The van der Waals surface area contributed by atoms with Crippen LogP contribution in [0.4, 0.5) is 17.2 Å². The lowest BCUT2D eigenvalue weighted by molar-refractivity contribution is -0.124. The molecule has 1 aliphatic carbocycles. The van der Waals surface area contributed by atoms with Gasteiger partial charge in [0.05, 0.1) is 30.2 Å². The minimum absolute atomic E-state index is 0.0139. The van der Waals surface area contributed by atoms with Gasteiger partial charge in [-0.15, -0.1) is 0 Å². The van der Waals surface area contributed by atoms with Crippen LogP contribution in [0.15, 0.2) is 48.9 Å². The van der Waals surface area contributed by atoms with Crippen LogP contribution in [0.2, 0.25) is 0 Å². The molecular weight excluding hydrogens is 378 g/mol. The van der Waals surface area contributed by atoms with E-state index in [-0.39, 0.29) is 17.9 Å². The van der Waals surface area contributed by atoms with E-state index in [0.29, 0.717) is 6.54 Å². The second-order valence-corrected chi connectivity index (χ2v) is 7.99. The molecule has 0 spiro atoms. The van der Waals surface area contributed by atoms with Gasteiger partial charge in [-0.3, -0.25) is 9.89 Å². The number of anilines is 3. The molecule has 3 heterocycles. The van der Waals surface area contributed by atoms with Gasteiger partial charge in [-0.05, 0) is 49.4 Å². The number of benzene rings is 1. The molecule has 5 rings (SSSR count). The third-order valence-corrected chi connectivity index (χ3v) is 6.22. The van der Waals surface area contributed by atoms with E-state index in [1.807, 2.05) is 35.4 Å². The minimum Gasteiger partial charge on any atom is -0.381 e. The first-order valence-electron chi connectivity index (χ1n) is 10.4. The first-order valence-corrected chi connectivity index (χ1v) is 10.4. The Hall–Kier alpha value is -3.19. The Morgan fingerprint density at radius 3 is 2.80 bits per heavy atom. The smallest absolute Gasteiger partial charge is 0.230 e. The van der Waals surface area contributed by atoms with Crippen LogP contribution in [0.25, 0.3) is 11.1 Å². The Bertz CT molecular complexity index is 1040. The highest BCUT2D eigenvalue weighted by molar-refractivity contribution is 6.00. The molecule has 2 aromatic heterocycles. The van der Waals surface area contributed by atoms with E-state index >= 15 is 0 Å². The Balaban J connectivity index is 1.53. The number of fused-ring (bicyclic) bond motifs is 2. The molecule has 7 heteroatoms. The molecule has 0 saturated heterocycles. The third-order valence-electron chi connectivity index (χ3n) is 6.22. The maximum Gasteiger partial charge on any atom is 0.230 e. The molecule has 0 bridgehead atoms. The first-order chi connectivity index (χ1) is 14.7. The van der Waals surface area contributed by atoms with Crippen molar-refractivity contribution in [3.8, 4) is 11.1 Å². The fourth-order valence-electron chi connectivity index (χ4n) is 4.47. The summed E-state index contributed by atoms with van der Waals surface area (Å²) in [5.41, 5.74) is 4.79. The van der Waals surface area contributed by atoms with Crippen molar-refractivity contribution >= 4 is 23.1 Å². The van der Waals surface area contributed by atoms with Gasteiger partial charge < -0.3 is 15.0 Å². The number of carbonyl (C=O) groups excluding carboxylic acids is 1. The largest absolute Gasteiger partial charge is 0.381 e. The van der Waals surface area contributed by atoms with E-state index in [1.165, 1.54) is 0 Å². The number of nitrogens with zero attached hydrogens (tertiary/aromatic N) is 3. The molecule has 1 saturated carbocycles. The van der Waals surface area contributed by atoms with Crippen molar-refractivity contribution in [2.24, 2.45) is 5.92 Å². The normalized spacial score (nSPS) is 20.6. The zero-order valence-corrected chi connectivity index (χ0v) is 17.0. The number of aromatic nitrogens is 3. The summed E-state index contributed by atoms with van der Waals surface area (Å²) in [7, 11) is 1.75. The van der Waals surface area contributed by atoms with Gasteiger partial charge in [0, 0.05) is 36.5 Å². The van der Waals surface area contributed by atoms with E-state index < -0.39 is 0 Å². The number of hydrogen-bond donors (Lipinski definition) is 2. The summed E-state index contributed by atoms with van der Waals surface area (Å²) in [6.07, 6.45) is 9.27. The molecule has 1 aromatic carbocycles. The summed E-state index contributed by atoms with van der Waals surface area (Å²) in [5, 5.41) is 10.4. The zero-order valence-electron chi connectivity index (χ0n) is 17.0. The first kappa shape index (κ1) is 18.8. The van der Waals surface area contributed by atoms with Crippen molar-refractivity contribution < 1.29 is 9.53 Å². The van der Waals surface area contributed by atoms with Gasteiger partial charge in [0.2, 0.25) is 5.91 Å². The zero-order chi connectivity index (χ0) is 20.5. The Morgan fingerprint density at radius 2 is 2.03 bits per heavy atom. The van der Waals surface area contributed by atoms with Gasteiger partial charge >= 0.3 is 0 Å². The molecule has 154 valence electrons. The second kappa shape index (κ2) is 7.91. The minimum atomic E-state index is 0.0139. The van der Waals surface area contributed by atoms with E-state index in [4.69, 9.17) is 4.74 Å². The molecule has 2 N–H and O–H groups in total. The molecule has 1 aliphatic heterocycles. The Kier molecular flexibility index (Phi) is 4.96. The number of amides is 1. The number of ether oxygens (including phenoxy) is 1. The van der Waals surface area contributed by atoms with Crippen LogP contribution in [0.1, 0.15) is 31.2 Å². The lowest BCUT2D eigenvalue weighted by Gasteiger charge is -2.32. The van der Waals surface area contributed by atoms with Crippen LogP contribution in [0, 0.1) is 5.92 Å². The predicted molar refractivity (Wildman–Crippen MR) is 115 cm³/mol. The number of aromatic amines is 1. The maximum atomic E-state index is 13.7. The van der Waals surface area contributed by atoms with E-state index in [0.717, 1.165) is 59.6 Å². The van der Waals surface area contributed by atoms with Crippen LogP contribution in [-0.2, 0) is 16.1 Å². The topological polar surface area (TPSA) is 83.1 Å². The highest BCUT2D eigenvalue weighted by Crippen LogP contribution is 2.39. The molecular formula is C23H25N5O2. The number of nitrogens with one attached hydrogen (secondary N) is 2. The molecule has 0 radical (unpaired) electrons. The summed E-state index contributed by atoms with van der Waals surface area (Å²) in [6.45, 7) is 0.501. The Morgan fingerprint density at radius 1 is 1.17 bits per heavy atom. The molecule has 0 atom stereocenters. The van der Waals surface area contributed by atoms with Crippen LogP contribution in [0.3, 0.4) is 0 Å². The molecule has 30 heavy (non-hydrogen) atoms. The summed E-state index contributed by atoms with van der Waals surface area (Å²) in [4.78, 5) is 20.1. The summed E-state index contributed by atoms with van der Waals surface area (Å²) >= 11 is 0. The van der Waals surface area contributed by atoms with Crippen molar-refractivity contribution in [1.29, 1.82) is 0 Å². The molecule has 0 unspecified atom stereocenters. The third kappa shape index (κ3) is 3.45. The van der Waals surface area contributed by atoms with Crippen LogP contribution < -0.4 is 10.2 Å². The average molecular weight is 403 g/mol. The summed E-state index contributed by atoms with van der Waals surface area (Å²) in [6, 6.07) is 10.1. The van der Waals surface area contributed by atoms with E-state index in [9.17, 15) is 4.79 Å². The van der Waals surface area contributed by atoms with Gasteiger partial charge in [0.1, 0.15) is 5.82 Å². The molecule has 2 aliphatic rings. The van der Waals surface area contributed by atoms with Gasteiger partial charge in [0.15, 0.2) is 0 Å². The number of pyridine rings is 1. The number of H-pyrrole nitrogens is 1. The summed E-state index contributed by atoms with van der Waals surface area (Å²) < 4.78 is 5.49. The number of hydrogen-bond acceptors (Lipinski definition) is 5. The molecule has 3 aromatic rings. The van der Waals surface area contributed by atoms with Crippen molar-refractivity contribution in [2.75, 3.05) is 17.3 Å². The van der Waals surface area contributed by atoms with Crippen LogP contribution in [0.5, 0.6) is 0 Å². The number of rotatable bonds is 3. The lowest BCUT2D eigenvalue weighted by Crippen LogP contribution is -2.38. The van der Waals surface area contributed by atoms with Crippen molar-refractivity contribution in [1.82, 2.24) is 15.2 Å². The van der Waals surface area contributed by atoms with Gasteiger partial charge in [-0.2, -0.15) is 5.10 Å². The molecule has 1 amide bonds. The molecule has 1 fully saturated rings. The van der Waals surface area contributed by atoms with Crippen LogP contribution >= 0.6 is 0 Å². The monoisotopic (exact) mass is 403 g/mol. The quantitative estimate of drug-likeness (QED) is 0.682. The fraction of sp³-hybridized carbons (Fsp3) is 0.348. The average Bonchev–Trinajstić information content (AvgIpc) is 3.28. The van der Waals surface area contributed by atoms with Gasteiger partial charge in [0.25, 0.3) is 0 Å². The van der Waals surface area contributed by atoms with Gasteiger partial charge in [-0.25, -0.2) is 4.98 Å². The highest BCUT2D eigenvalue weighted by Gasteiger charge is 2.33. The highest BCUT2D eigenvalue weighted by atomic mass is 16.5. The van der Waals surface area contributed by atoms with E-state index in [1.54, 1.807) is 19.5 Å². The maximum absolute atomic E-state index is 13.7. The number of methoxy groups -OCH3 is 1. The van der Waals surface area contributed by atoms with E-state index in [2.05, 4.69) is 26.6 Å². The number of carbonyl (C=O) groups is 1. The fourth-order valence-corrected chi connectivity index (χ4v) is 4.47. The lowest BCUT2D eigenvalue weighted by atomic mass is 9.86. The molecule has 7 nitrogen and oxygen atoms in total. The van der Waals surface area contributed by atoms with Crippen molar-refractivity contribution in [3.05, 3.63) is 54.5 Å². The predicted octanol–water partition coefficient (Wildman–Crippen LogP) is 4.27.